The Bertz CT molecular complexity index is 948. The molecule has 24 heavy (non-hydrogen) atoms. The van der Waals surface area contributed by atoms with Crippen LogP contribution >= 0.6 is 27.5 Å². The van der Waals surface area contributed by atoms with Crippen molar-refractivity contribution in [3.05, 3.63) is 50.8 Å². The Balaban J connectivity index is 1.88. The molecule has 3 aromatic rings. The summed E-state index contributed by atoms with van der Waals surface area (Å²) in [4.78, 5) is 8.53. The Hall–Kier alpha value is -1.85. The summed E-state index contributed by atoms with van der Waals surface area (Å²) in [6.45, 7) is 0. The molecule has 0 saturated heterocycles. The molecule has 1 aliphatic rings. The van der Waals surface area contributed by atoms with E-state index in [1.165, 1.54) is 5.56 Å². The summed E-state index contributed by atoms with van der Waals surface area (Å²) in [6.07, 6.45) is 7.36. The molecular formula is C18H14BrClN2O2. The number of furan rings is 1. The lowest BCUT2D eigenvalue weighted by atomic mass is 9.94. The lowest BCUT2D eigenvalue weighted by molar-refractivity contribution is 0.471. The summed E-state index contributed by atoms with van der Waals surface area (Å²) in [5.74, 6) is 1.71. The predicted molar refractivity (Wildman–Crippen MR) is 98.7 cm³/mol. The summed E-state index contributed by atoms with van der Waals surface area (Å²) < 4.78 is 6.59. The van der Waals surface area contributed by atoms with Gasteiger partial charge in [-0.05, 0) is 53.4 Å². The quantitative estimate of drug-likeness (QED) is 0.566. The maximum atomic E-state index is 10.5. The van der Waals surface area contributed by atoms with Crippen LogP contribution in [0.5, 0.6) is 5.75 Å². The van der Waals surface area contributed by atoms with Gasteiger partial charge < -0.3 is 9.52 Å². The maximum absolute atomic E-state index is 10.5. The molecule has 0 amide bonds. The van der Waals surface area contributed by atoms with E-state index in [1.54, 1.807) is 24.5 Å². The first-order valence-electron chi connectivity index (χ1n) is 7.75. The molecule has 0 aliphatic heterocycles. The van der Waals surface area contributed by atoms with Gasteiger partial charge in [-0.3, -0.25) is 0 Å². The first-order chi connectivity index (χ1) is 11.6. The standard InChI is InChI=1S/C18H14BrClN2O2/c19-13-7-15-17(11-3-1-2-4-14(11)24-15)12(18(13)23)9-22-16-6-5-10(20)8-21-16/h5-9,23H,1-4H2. The van der Waals surface area contributed by atoms with Gasteiger partial charge in [-0.25, -0.2) is 9.98 Å². The number of fused-ring (bicyclic) bond motifs is 3. The van der Waals surface area contributed by atoms with Gasteiger partial charge in [-0.1, -0.05) is 11.6 Å². The van der Waals surface area contributed by atoms with Crippen LogP contribution in [0, 0.1) is 0 Å². The van der Waals surface area contributed by atoms with Gasteiger partial charge in [-0.15, -0.1) is 0 Å². The number of hydrogen-bond donors (Lipinski definition) is 1. The number of aryl methyl sites for hydroxylation is 2. The third-order valence-electron chi connectivity index (χ3n) is 4.24. The normalized spacial score (nSPS) is 14.4. The second kappa shape index (κ2) is 6.22. The molecule has 1 N–H and O–H groups in total. The highest BCUT2D eigenvalue weighted by atomic mass is 79.9. The SMILES string of the molecule is Oc1c(Br)cc2oc3c(c2c1C=Nc1ccc(Cl)cn1)CCCC3. The van der Waals surface area contributed by atoms with Crippen molar-refractivity contribution < 1.29 is 9.52 Å². The Morgan fingerprint density at radius 2 is 2.12 bits per heavy atom. The van der Waals surface area contributed by atoms with Crippen LogP contribution in [0.1, 0.15) is 29.7 Å². The van der Waals surface area contributed by atoms with Gasteiger partial charge in [0.1, 0.15) is 17.1 Å². The van der Waals surface area contributed by atoms with Crippen LogP contribution in [0.2, 0.25) is 5.02 Å². The summed E-state index contributed by atoms with van der Waals surface area (Å²) >= 11 is 9.24. The maximum Gasteiger partial charge on any atom is 0.151 e. The molecule has 0 unspecified atom stereocenters. The summed E-state index contributed by atoms with van der Waals surface area (Å²) in [5.41, 5.74) is 2.62. The highest BCUT2D eigenvalue weighted by molar-refractivity contribution is 9.10. The largest absolute Gasteiger partial charge is 0.506 e. The zero-order chi connectivity index (χ0) is 16.7. The predicted octanol–water partition coefficient (Wildman–Crippen LogP) is 5.58. The average molecular weight is 406 g/mol. The smallest absolute Gasteiger partial charge is 0.151 e. The third-order valence-corrected chi connectivity index (χ3v) is 5.07. The number of benzene rings is 1. The fourth-order valence-electron chi connectivity index (χ4n) is 3.12. The van der Waals surface area contributed by atoms with E-state index in [2.05, 4.69) is 25.9 Å². The second-order valence-electron chi connectivity index (χ2n) is 5.80. The zero-order valence-corrected chi connectivity index (χ0v) is 15.1. The number of aliphatic imine (C=N–C) groups is 1. The Labute approximate surface area is 152 Å². The highest BCUT2D eigenvalue weighted by Gasteiger charge is 2.22. The summed E-state index contributed by atoms with van der Waals surface area (Å²) in [6, 6.07) is 5.29. The highest BCUT2D eigenvalue weighted by Crippen LogP contribution is 2.40. The number of rotatable bonds is 2. The van der Waals surface area contributed by atoms with Gasteiger partial charge in [0.2, 0.25) is 0 Å². The minimum Gasteiger partial charge on any atom is -0.506 e. The van der Waals surface area contributed by atoms with Crippen LogP contribution in [0.3, 0.4) is 0 Å². The van der Waals surface area contributed by atoms with Crippen molar-refractivity contribution in [3.63, 3.8) is 0 Å². The van der Waals surface area contributed by atoms with Crippen LogP contribution in [-0.2, 0) is 12.8 Å². The van der Waals surface area contributed by atoms with Crippen LogP contribution in [-0.4, -0.2) is 16.3 Å². The monoisotopic (exact) mass is 404 g/mol. The van der Waals surface area contributed by atoms with E-state index in [0.29, 0.717) is 20.9 Å². The number of hydrogen-bond acceptors (Lipinski definition) is 4. The fraction of sp³-hybridized carbons (Fsp3) is 0.222. The molecule has 0 bridgehead atoms. The molecule has 0 atom stereocenters. The zero-order valence-electron chi connectivity index (χ0n) is 12.7. The molecule has 1 aromatic carbocycles. The topological polar surface area (TPSA) is 58.6 Å². The second-order valence-corrected chi connectivity index (χ2v) is 7.09. The van der Waals surface area contributed by atoms with E-state index in [-0.39, 0.29) is 5.75 Å². The van der Waals surface area contributed by atoms with Crippen molar-refractivity contribution in [2.24, 2.45) is 4.99 Å². The molecule has 2 aromatic heterocycles. The molecule has 0 saturated carbocycles. The number of nitrogens with zero attached hydrogens (tertiary/aromatic N) is 2. The summed E-state index contributed by atoms with van der Waals surface area (Å²) in [7, 11) is 0. The van der Waals surface area contributed by atoms with Crippen LogP contribution < -0.4 is 0 Å². The molecule has 2 heterocycles. The van der Waals surface area contributed by atoms with Gasteiger partial charge >= 0.3 is 0 Å². The average Bonchev–Trinajstić information content (AvgIpc) is 2.95. The van der Waals surface area contributed by atoms with Crippen molar-refractivity contribution in [2.75, 3.05) is 0 Å². The first-order valence-corrected chi connectivity index (χ1v) is 8.92. The number of aromatic hydroxyl groups is 1. The van der Waals surface area contributed by atoms with Gasteiger partial charge in [0, 0.05) is 35.3 Å². The molecule has 0 radical (unpaired) electrons. The number of phenols is 1. The fourth-order valence-corrected chi connectivity index (χ4v) is 3.65. The molecule has 1 aliphatic carbocycles. The molecule has 122 valence electrons. The van der Waals surface area contributed by atoms with Crippen molar-refractivity contribution in [1.29, 1.82) is 0 Å². The minimum atomic E-state index is 0.161. The van der Waals surface area contributed by atoms with Crippen LogP contribution in [0.25, 0.3) is 11.0 Å². The van der Waals surface area contributed by atoms with Gasteiger partial charge in [0.15, 0.2) is 5.82 Å². The number of halogens is 2. The van der Waals surface area contributed by atoms with Crippen molar-refractivity contribution in [3.8, 4) is 5.75 Å². The van der Waals surface area contributed by atoms with Crippen molar-refractivity contribution in [1.82, 2.24) is 4.98 Å². The molecule has 4 nitrogen and oxygen atoms in total. The number of aromatic nitrogens is 1. The van der Waals surface area contributed by atoms with Gasteiger partial charge in [0.25, 0.3) is 0 Å². The molecule has 4 rings (SSSR count). The third kappa shape index (κ3) is 2.72. The number of pyridine rings is 1. The van der Waals surface area contributed by atoms with E-state index in [0.717, 1.165) is 42.4 Å². The lowest BCUT2D eigenvalue weighted by Crippen LogP contribution is -1.99. The minimum absolute atomic E-state index is 0.161. The van der Waals surface area contributed by atoms with Gasteiger partial charge in [-0.2, -0.15) is 0 Å². The van der Waals surface area contributed by atoms with E-state index in [4.69, 9.17) is 16.0 Å². The van der Waals surface area contributed by atoms with E-state index >= 15 is 0 Å². The van der Waals surface area contributed by atoms with Crippen molar-refractivity contribution in [2.45, 2.75) is 25.7 Å². The Kier molecular flexibility index (Phi) is 4.06. The lowest BCUT2D eigenvalue weighted by Gasteiger charge is -2.10. The first kappa shape index (κ1) is 15.7. The Morgan fingerprint density at radius 3 is 2.92 bits per heavy atom. The van der Waals surface area contributed by atoms with Crippen LogP contribution in [0.15, 0.2) is 38.3 Å². The summed E-state index contributed by atoms with van der Waals surface area (Å²) in [5, 5.41) is 12.0. The molecule has 0 fully saturated rings. The van der Waals surface area contributed by atoms with Gasteiger partial charge in [0.05, 0.1) is 9.50 Å². The molecule has 0 spiro atoms. The van der Waals surface area contributed by atoms with E-state index in [9.17, 15) is 5.11 Å². The van der Waals surface area contributed by atoms with Crippen molar-refractivity contribution >= 4 is 50.5 Å². The Morgan fingerprint density at radius 1 is 1.29 bits per heavy atom. The van der Waals surface area contributed by atoms with Crippen LogP contribution in [0.4, 0.5) is 5.82 Å². The molecular weight excluding hydrogens is 392 g/mol. The molecule has 6 heteroatoms. The van der Waals surface area contributed by atoms with E-state index in [1.807, 2.05) is 6.07 Å². The van der Waals surface area contributed by atoms with E-state index < -0.39 is 0 Å². The number of phenolic OH excluding ortho intramolecular Hbond substituents is 1.